The van der Waals surface area contributed by atoms with Crippen molar-refractivity contribution in [2.24, 2.45) is 5.41 Å². The van der Waals surface area contributed by atoms with Crippen LogP contribution in [0.1, 0.15) is 20.8 Å². The molecule has 0 saturated carbocycles. The number of rotatable bonds is 2. The van der Waals surface area contributed by atoms with Crippen LogP contribution in [-0.4, -0.2) is 10.9 Å². The smallest absolute Gasteiger partial charge is 0.238 e. The molecule has 2 rings (SSSR count). The highest BCUT2D eigenvalue weighted by molar-refractivity contribution is 6.36. The van der Waals surface area contributed by atoms with E-state index in [0.717, 1.165) is 0 Å². The molecule has 0 aliphatic heterocycles. The lowest BCUT2D eigenvalue weighted by atomic mass is 9.94. The molecule has 0 bridgehead atoms. The van der Waals surface area contributed by atoms with Gasteiger partial charge in [0.1, 0.15) is 5.82 Å². The first kappa shape index (κ1) is 16.7. The van der Waals surface area contributed by atoms with E-state index < -0.39 is 5.41 Å². The third kappa shape index (κ3) is 3.57. The number of carbonyl (C=O) groups is 1. The first-order valence-electron chi connectivity index (χ1n) is 6.61. The Morgan fingerprint density at radius 1 is 1.18 bits per heavy atom. The number of halogens is 3. The summed E-state index contributed by atoms with van der Waals surface area (Å²) in [6.45, 7) is 5.36. The largest absolute Gasteiger partial charge is 0.273 e. The number of aromatic nitrogens is 1. The third-order valence-electron chi connectivity index (χ3n) is 2.93. The van der Waals surface area contributed by atoms with Crippen molar-refractivity contribution < 1.29 is 9.18 Å². The summed E-state index contributed by atoms with van der Waals surface area (Å²) < 4.78 is 13.2. The molecule has 0 radical (unpaired) electrons. The van der Waals surface area contributed by atoms with E-state index in [4.69, 9.17) is 23.2 Å². The van der Waals surface area contributed by atoms with Crippen molar-refractivity contribution in [1.82, 2.24) is 4.98 Å². The topological polar surface area (TPSA) is 33.2 Å². The van der Waals surface area contributed by atoms with E-state index in [-0.39, 0.29) is 22.6 Å². The predicted molar refractivity (Wildman–Crippen MR) is 87.3 cm³/mol. The molecule has 116 valence electrons. The van der Waals surface area contributed by atoms with Gasteiger partial charge in [-0.25, -0.2) is 9.37 Å². The van der Waals surface area contributed by atoms with E-state index in [9.17, 15) is 9.18 Å². The maximum Gasteiger partial charge on any atom is 0.238 e. The Morgan fingerprint density at radius 3 is 2.27 bits per heavy atom. The van der Waals surface area contributed by atoms with Crippen LogP contribution in [-0.2, 0) is 4.79 Å². The minimum absolute atomic E-state index is 0.212. The lowest BCUT2D eigenvalue weighted by molar-refractivity contribution is -0.125. The second-order valence-electron chi connectivity index (χ2n) is 5.83. The Bertz CT molecular complexity index is 696. The number of carbonyl (C=O) groups excluding carboxylic acids is 1. The summed E-state index contributed by atoms with van der Waals surface area (Å²) in [6.07, 6.45) is 1.41. The molecule has 3 nitrogen and oxygen atoms in total. The van der Waals surface area contributed by atoms with Gasteiger partial charge < -0.3 is 0 Å². The fraction of sp³-hybridized carbons (Fsp3) is 0.250. The minimum Gasteiger partial charge on any atom is -0.273 e. The maximum atomic E-state index is 13.2. The first-order valence-corrected chi connectivity index (χ1v) is 7.37. The highest BCUT2D eigenvalue weighted by Crippen LogP contribution is 2.35. The maximum absolute atomic E-state index is 13.2. The average molecular weight is 341 g/mol. The van der Waals surface area contributed by atoms with Gasteiger partial charge in [-0.2, -0.15) is 0 Å². The minimum atomic E-state index is -0.668. The standard InChI is InChI=1S/C16H15Cl2FN2O/c1-16(2,3)15(22)21(12-6-4-11(19)5-7-12)14-13(18)8-10(17)9-20-14/h4-9H,1-3H3. The molecule has 2 aromatic rings. The SMILES string of the molecule is CC(C)(C)C(=O)N(c1ccc(F)cc1)c1ncc(Cl)cc1Cl. The molecule has 0 N–H and O–H groups in total. The van der Waals surface area contributed by atoms with E-state index in [1.807, 2.05) is 0 Å². The second-order valence-corrected chi connectivity index (χ2v) is 6.67. The van der Waals surface area contributed by atoms with E-state index in [1.165, 1.54) is 41.4 Å². The van der Waals surface area contributed by atoms with Crippen LogP contribution in [0.5, 0.6) is 0 Å². The number of pyridine rings is 1. The number of anilines is 2. The van der Waals surface area contributed by atoms with Crippen LogP contribution in [0, 0.1) is 11.2 Å². The van der Waals surface area contributed by atoms with Gasteiger partial charge in [0.2, 0.25) is 5.91 Å². The van der Waals surface area contributed by atoms with Gasteiger partial charge >= 0.3 is 0 Å². The summed E-state index contributed by atoms with van der Waals surface area (Å²) in [6, 6.07) is 7.08. The molecular formula is C16H15Cl2FN2O. The number of nitrogens with zero attached hydrogens (tertiary/aromatic N) is 2. The van der Waals surface area contributed by atoms with E-state index in [0.29, 0.717) is 10.7 Å². The van der Waals surface area contributed by atoms with Crippen LogP contribution in [0.25, 0.3) is 0 Å². The number of amides is 1. The monoisotopic (exact) mass is 340 g/mol. The lowest BCUT2D eigenvalue weighted by Gasteiger charge is -2.29. The molecule has 22 heavy (non-hydrogen) atoms. The van der Waals surface area contributed by atoms with Crippen molar-refractivity contribution in [1.29, 1.82) is 0 Å². The quantitative estimate of drug-likeness (QED) is 0.749. The molecule has 1 amide bonds. The molecular weight excluding hydrogens is 326 g/mol. The number of hydrogen-bond acceptors (Lipinski definition) is 2. The van der Waals surface area contributed by atoms with Crippen molar-refractivity contribution in [2.45, 2.75) is 20.8 Å². The van der Waals surface area contributed by atoms with Gasteiger partial charge in [0.05, 0.1) is 15.7 Å². The van der Waals surface area contributed by atoms with Gasteiger partial charge in [-0.15, -0.1) is 0 Å². The van der Waals surface area contributed by atoms with Crippen LogP contribution >= 0.6 is 23.2 Å². The highest BCUT2D eigenvalue weighted by Gasteiger charge is 2.31. The van der Waals surface area contributed by atoms with Crippen LogP contribution < -0.4 is 4.90 Å². The van der Waals surface area contributed by atoms with Gasteiger partial charge in [0, 0.05) is 11.6 Å². The van der Waals surface area contributed by atoms with Gasteiger partial charge in [0.25, 0.3) is 0 Å². The summed E-state index contributed by atoms with van der Waals surface area (Å²) in [5.74, 6) is -0.337. The van der Waals surface area contributed by atoms with Gasteiger partial charge in [-0.3, -0.25) is 9.69 Å². The van der Waals surface area contributed by atoms with Crippen molar-refractivity contribution in [3.8, 4) is 0 Å². The van der Waals surface area contributed by atoms with Gasteiger partial charge in [0.15, 0.2) is 5.82 Å². The van der Waals surface area contributed by atoms with Crippen LogP contribution in [0.4, 0.5) is 15.9 Å². The molecule has 0 unspecified atom stereocenters. The molecule has 0 atom stereocenters. The Labute approximate surface area is 138 Å². The fourth-order valence-corrected chi connectivity index (χ4v) is 2.30. The molecule has 0 aliphatic carbocycles. The van der Waals surface area contributed by atoms with Crippen LogP contribution in [0.15, 0.2) is 36.5 Å². The Hall–Kier alpha value is -1.65. The molecule has 0 aliphatic rings. The fourth-order valence-electron chi connectivity index (χ4n) is 1.83. The van der Waals surface area contributed by atoms with Gasteiger partial charge in [-0.1, -0.05) is 44.0 Å². The second kappa shape index (κ2) is 6.23. The summed E-state index contributed by atoms with van der Waals surface area (Å²) in [7, 11) is 0. The highest BCUT2D eigenvalue weighted by atomic mass is 35.5. The van der Waals surface area contributed by atoms with Crippen LogP contribution in [0.2, 0.25) is 10.0 Å². The molecule has 1 heterocycles. The molecule has 1 aromatic heterocycles. The van der Waals surface area contributed by atoms with Gasteiger partial charge in [-0.05, 0) is 30.3 Å². The zero-order valence-corrected chi connectivity index (χ0v) is 13.9. The summed E-state index contributed by atoms with van der Waals surface area (Å²) in [5, 5.41) is 0.616. The normalized spacial score (nSPS) is 11.4. The van der Waals surface area contributed by atoms with Crippen molar-refractivity contribution in [3.63, 3.8) is 0 Å². The zero-order chi connectivity index (χ0) is 16.5. The average Bonchev–Trinajstić information content (AvgIpc) is 2.42. The Morgan fingerprint density at radius 2 is 1.77 bits per heavy atom. The first-order chi connectivity index (χ1) is 10.2. The van der Waals surface area contributed by atoms with Crippen molar-refractivity contribution in [3.05, 3.63) is 52.4 Å². The molecule has 6 heteroatoms. The van der Waals surface area contributed by atoms with E-state index in [2.05, 4.69) is 4.98 Å². The molecule has 0 fully saturated rings. The zero-order valence-electron chi connectivity index (χ0n) is 12.4. The summed E-state index contributed by atoms with van der Waals surface area (Å²) in [4.78, 5) is 18.3. The van der Waals surface area contributed by atoms with E-state index >= 15 is 0 Å². The number of benzene rings is 1. The van der Waals surface area contributed by atoms with E-state index in [1.54, 1.807) is 20.8 Å². The summed E-state index contributed by atoms with van der Waals surface area (Å²) >= 11 is 12.0. The van der Waals surface area contributed by atoms with Crippen LogP contribution in [0.3, 0.4) is 0 Å². The molecule has 0 spiro atoms. The Kier molecular flexibility index (Phi) is 4.73. The molecule has 1 aromatic carbocycles. The Balaban J connectivity index is 2.59. The predicted octanol–water partition coefficient (Wildman–Crippen LogP) is 5.24. The molecule has 0 saturated heterocycles. The van der Waals surface area contributed by atoms with Crippen molar-refractivity contribution in [2.75, 3.05) is 4.90 Å². The third-order valence-corrected chi connectivity index (χ3v) is 3.41. The number of hydrogen-bond donors (Lipinski definition) is 0. The van der Waals surface area contributed by atoms with Crippen molar-refractivity contribution >= 4 is 40.6 Å². The summed E-state index contributed by atoms with van der Waals surface area (Å²) in [5.41, 5.74) is -0.183. The lowest BCUT2D eigenvalue weighted by Crippen LogP contribution is -2.37.